The summed E-state index contributed by atoms with van der Waals surface area (Å²) in [6.45, 7) is 7.03. The van der Waals surface area contributed by atoms with Gasteiger partial charge in [-0.25, -0.2) is 18.9 Å². The smallest absolute Gasteiger partial charge is 0.317 e. The van der Waals surface area contributed by atoms with Gasteiger partial charge in [-0.05, 0) is 37.4 Å². The second-order valence-corrected chi connectivity index (χ2v) is 8.47. The molecule has 0 aliphatic carbocycles. The van der Waals surface area contributed by atoms with E-state index < -0.39 is 0 Å². The van der Waals surface area contributed by atoms with Gasteiger partial charge >= 0.3 is 6.03 Å². The lowest BCUT2D eigenvalue weighted by molar-refractivity contribution is 0.194. The first-order valence-electron chi connectivity index (χ1n) is 10.9. The van der Waals surface area contributed by atoms with Crippen molar-refractivity contribution in [3.05, 3.63) is 59.9 Å². The number of hydrogen-bond acceptors (Lipinski definition) is 5. The lowest BCUT2D eigenvalue weighted by Crippen LogP contribution is -2.51. The summed E-state index contributed by atoms with van der Waals surface area (Å²) < 4.78 is 21.6. The van der Waals surface area contributed by atoms with Gasteiger partial charge in [-0.2, -0.15) is 5.10 Å². The standard InChI is InChI=1S/C23H28FN6O2P/c1-3-32-22-12-18(5-7-21(22)30-15-26-16(2)27-30)28-8-10-29(11-9-28)23(31)25-14-17-4-6-19(33)13-20(17)24/h4-7,12-13,15H,3,8-11,14,33H2,1-2H3,(H,25,31). The summed E-state index contributed by atoms with van der Waals surface area (Å²) >= 11 is 0. The number of ether oxygens (including phenoxy) is 1. The molecule has 1 saturated heterocycles. The van der Waals surface area contributed by atoms with E-state index in [1.54, 1.807) is 28.0 Å². The van der Waals surface area contributed by atoms with Gasteiger partial charge in [0, 0.05) is 50.0 Å². The zero-order valence-corrected chi connectivity index (χ0v) is 19.9. The summed E-state index contributed by atoms with van der Waals surface area (Å²) in [5.41, 5.74) is 2.33. The third-order valence-corrected chi connectivity index (χ3v) is 5.89. The molecule has 2 amide bonds. The third kappa shape index (κ3) is 5.42. The van der Waals surface area contributed by atoms with Gasteiger partial charge in [0.25, 0.3) is 0 Å². The summed E-state index contributed by atoms with van der Waals surface area (Å²) in [5, 5.41) is 7.98. The molecule has 174 valence electrons. The van der Waals surface area contributed by atoms with Gasteiger partial charge in [-0.3, -0.25) is 0 Å². The lowest BCUT2D eigenvalue weighted by Gasteiger charge is -2.36. The Balaban J connectivity index is 1.37. The molecule has 8 nitrogen and oxygen atoms in total. The molecule has 0 bridgehead atoms. The minimum Gasteiger partial charge on any atom is -0.492 e. The van der Waals surface area contributed by atoms with Gasteiger partial charge < -0.3 is 19.9 Å². The van der Waals surface area contributed by atoms with Crippen LogP contribution >= 0.6 is 9.24 Å². The van der Waals surface area contributed by atoms with Crippen molar-refractivity contribution in [3.8, 4) is 11.4 Å². The number of hydrogen-bond donors (Lipinski definition) is 1. The van der Waals surface area contributed by atoms with E-state index in [9.17, 15) is 9.18 Å². The fraction of sp³-hybridized carbons (Fsp3) is 0.348. The van der Waals surface area contributed by atoms with E-state index >= 15 is 0 Å². The number of anilines is 1. The van der Waals surface area contributed by atoms with Crippen LogP contribution in [0.4, 0.5) is 14.9 Å². The zero-order valence-electron chi connectivity index (χ0n) is 18.8. The van der Waals surface area contributed by atoms with Crippen molar-refractivity contribution in [2.75, 3.05) is 37.7 Å². The highest BCUT2D eigenvalue weighted by Gasteiger charge is 2.22. The van der Waals surface area contributed by atoms with Crippen molar-refractivity contribution in [2.45, 2.75) is 20.4 Å². The second kappa shape index (κ2) is 10.2. The Kier molecular flexibility index (Phi) is 7.08. The SMILES string of the molecule is CCOc1cc(N2CCN(C(=O)NCc3ccc(P)cc3F)CC2)ccc1-n1cnc(C)n1. The number of nitrogens with zero attached hydrogens (tertiary/aromatic N) is 5. The van der Waals surface area contributed by atoms with Crippen molar-refractivity contribution in [3.63, 3.8) is 0 Å². The molecule has 33 heavy (non-hydrogen) atoms. The number of aromatic nitrogens is 3. The summed E-state index contributed by atoms with van der Waals surface area (Å²) in [4.78, 5) is 20.7. The number of rotatable bonds is 6. The Morgan fingerprint density at radius 2 is 1.97 bits per heavy atom. The van der Waals surface area contributed by atoms with Gasteiger partial charge in [-0.1, -0.05) is 12.1 Å². The number of urea groups is 1. The maximum Gasteiger partial charge on any atom is 0.317 e. The second-order valence-electron chi connectivity index (χ2n) is 7.81. The van der Waals surface area contributed by atoms with Crippen LogP contribution in [0.3, 0.4) is 0 Å². The molecular weight excluding hydrogens is 442 g/mol. The Morgan fingerprint density at radius 3 is 2.64 bits per heavy atom. The minimum atomic E-state index is -0.317. The van der Waals surface area contributed by atoms with Gasteiger partial charge in [0.2, 0.25) is 0 Å². The number of nitrogens with one attached hydrogen (secondary N) is 1. The fourth-order valence-corrected chi connectivity index (χ4v) is 4.02. The van der Waals surface area contributed by atoms with Crippen LogP contribution in [0.1, 0.15) is 18.3 Å². The van der Waals surface area contributed by atoms with Crippen molar-refractivity contribution in [1.29, 1.82) is 0 Å². The van der Waals surface area contributed by atoms with E-state index in [1.807, 2.05) is 32.0 Å². The zero-order chi connectivity index (χ0) is 23.4. The van der Waals surface area contributed by atoms with Crippen LogP contribution in [0.5, 0.6) is 5.75 Å². The number of halogens is 1. The molecule has 4 rings (SSSR count). The molecular formula is C23H28FN6O2P. The Hall–Kier alpha value is -3.19. The maximum absolute atomic E-state index is 14.0. The molecule has 1 fully saturated rings. The molecule has 1 aliphatic rings. The van der Waals surface area contributed by atoms with Crippen LogP contribution in [0, 0.1) is 12.7 Å². The number of aryl methyl sites for hydroxylation is 1. The molecule has 0 radical (unpaired) electrons. The Bertz CT molecular complexity index is 1130. The molecule has 0 saturated carbocycles. The van der Waals surface area contributed by atoms with Crippen LogP contribution in [0.2, 0.25) is 0 Å². The maximum atomic E-state index is 14.0. The third-order valence-electron chi connectivity index (χ3n) is 5.54. The number of carbonyl (C=O) groups excluding carboxylic acids is 1. The number of benzene rings is 2. The molecule has 10 heteroatoms. The van der Waals surface area contributed by atoms with E-state index in [2.05, 4.69) is 29.5 Å². The van der Waals surface area contributed by atoms with Crippen LogP contribution in [-0.4, -0.2) is 58.5 Å². The molecule has 2 heterocycles. The van der Waals surface area contributed by atoms with Crippen molar-refractivity contribution in [1.82, 2.24) is 25.0 Å². The highest BCUT2D eigenvalue weighted by Crippen LogP contribution is 2.29. The predicted molar refractivity (Wildman–Crippen MR) is 129 cm³/mol. The molecule has 1 aromatic heterocycles. The molecule has 0 spiro atoms. The van der Waals surface area contributed by atoms with Gasteiger partial charge in [0.05, 0.1) is 6.61 Å². The van der Waals surface area contributed by atoms with E-state index in [1.165, 1.54) is 6.07 Å². The summed E-state index contributed by atoms with van der Waals surface area (Å²) in [7, 11) is 2.46. The van der Waals surface area contributed by atoms with Crippen molar-refractivity contribution >= 4 is 26.3 Å². The normalized spacial score (nSPS) is 13.8. The fourth-order valence-electron chi connectivity index (χ4n) is 3.78. The van der Waals surface area contributed by atoms with E-state index in [0.29, 0.717) is 44.2 Å². The summed E-state index contributed by atoms with van der Waals surface area (Å²) in [6, 6.07) is 10.8. The summed E-state index contributed by atoms with van der Waals surface area (Å²) in [6.07, 6.45) is 1.67. The van der Waals surface area contributed by atoms with Crippen molar-refractivity contribution < 1.29 is 13.9 Å². The van der Waals surface area contributed by atoms with Gasteiger partial charge in [-0.15, -0.1) is 9.24 Å². The quantitative estimate of drug-likeness (QED) is 0.561. The van der Waals surface area contributed by atoms with Gasteiger partial charge in [0.1, 0.15) is 29.4 Å². The van der Waals surface area contributed by atoms with E-state index in [0.717, 1.165) is 22.4 Å². The topological polar surface area (TPSA) is 75.5 Å². The molecule has 3 aromatic rings. The minimum absolute atomic E-state index is 0.163. The number of piperazine rings is 1. The number of carbonyl (C=O) groups is 1. The summed E-state index contributed by atoms with van der Waals surface area (Å²) in [5.74, 6) is 1.11. The van der Waals surface area contributed by atoms with E-state index in [-0.39, 0.29) is 18.4 Å². The van der Waals surface area contributed by atoms with Crippen LogP contribution in [-0.2, 0) is 6.54 Å². The van der Waals surface area contributed by atoms with E-state index in [4.69, 9.17) is 4.74 Å². The molecule has 1 atom stereocenters. The molecule has 1 N–H and O–H groups in total. The van der Waals surface area contributed by atoms with Crippen LogP contribution in [0.25, 0.3) is 5.69 Å². The molecule has 2 aromatic carbocycles. The molecule has 1 unspecified atom stereocenters. The lowest BCUT2D eigenvalue weighted by atomic mass is 10.2. The van der Waals surface area contributed by atoms with Crippen molar-refractivity contribution in [2.24, 2.45) is 0 Å². The highest BCUT2D eigenvalue weighted by molar-refractivity contribution is 7.27. The first-order chi connectivity index (χ1) is 15.9. The average Bonchev–Trinajstić information content (AvgIpc) is 3.24. The van der Waals surface area contributed by atoms with Gasteiger partial charge in [0.15, 0.2) is 0 Å². The van der Waals surface area contributed by atoms with Crippen LogP contribution in [0.15, 0.2) is 42.7 Å². The first-order valence-corrected chi connectivity index (χ1v) is 11.5. The monoisotopic (exact) mass is 470 g/mol. The van der Waals surface area contributed by atoms with Crippen LogP contribution < -0.4 is 20.3 Å². The Labute approximate surface area is 194 Å². The molecule has 1 aliphatic heterocycles. The first kappa shape index (κ1) is 23.0. The largest absolute Gasteiger partial charge is 0.492 e. The average molecular weight is 470 g/mol. The number of amides is 2. The Morgan fingerprint density at radius 1 is 1.18 bits per heavy atom. The predicted octanol–water partition coefficient (Wildman–Crippen LogP) is 2.65. The highest BCUT2D eigenvalue weighted by atomic mass is 31.0.